The van der Waals surface area contributed by atoms with Crippen LogP contribution in [0.25, 0.3) is 0 Å². The summed E-state index contributed by atoms with van der Waals surface area (Å²) >= 11 is 0. The molecule has 3 rings (SSSR count). The molecule has 0 bridgehead atoms. The van der Waals surface area contributed by atoms with E-state index in [1.54, 1.807) is 7.11 Å². The van der Waals surface area contributed by atoms with Gasteiger partial charge in [0.15, 0.2) is 0 Å². The Morgan fingerprint density at radius 1 is 1.28 bits per heavy atom. The highest BCUT2D eigenvalue weighted by Gasteiger charge is 2.51. The van der Waals surface area contributed by atoms with E-state index in [1.165, 1.54) is 7.11 Å². The molecule has 1 amide bonds. The monoisotopic (exact) mass is 341 g/mol. The second-order valence-electron chi connectivity index (χ2n) is 6.47. The number of hydrogen-bond acceptors (Lipinski definition) is 4. The molecule has 0 saturated carbocycles. The van der Waals surface area contributed by atoms with Crippen molar-refractivity contribution in [3.05, 3.63) is 54.3 Å². The van der Waals surface area contributed by atoms with Crippen molar-refractivity contribution in [3.8, 4) is 0 Å². The molecule has 1 aromatic carbocycles. The Balaban J connectivity index is 1.96. The minimum Gasteiger partial charge on any atom is -0.501 e. The van der Waals surface area contributed by atoms with E-state index in [1.807, 2.05) is 53.5 Å². The Labute approximate surface area is 147 Å². The van der Waals surface area contributed by atoms with E-state index in [4.69, 9.17) is 9.47 Å². The van der Waals surface area contributed by atoms with Crippen LogP contribution in [0, 0.1) is 11.3 Å². The molecule has 0 aromatic heterocycles. The maximum atomic E-state index is 13.5. The van der Waals surface area contributed by atoms with Crippen LogP contribution in [0.2, 0.25) is 0 Å². The van der Waals surface area contributed by atoms with Crippen molar-refractivity contribution < 1.29 is 19.1 Å². The topological polar surface area (TPSA) is 55.8 Å². The van der Waals surface area contributed by atoms with Gasteiger partial charge in [-0.2, -0.15) is 0 Å². The lowest BCUT2D eigenvalue weighted by atomic mass is 9.65. The molecule has 132 valence electrons. The van der Waals surface area contributed by atoms with Crippen molar-refractivity contribution in [2.75, 3.05) is 25.7 Å². The van der Waals surface area contributed by atoms with Crippen LogP contribution in [-0.2, 0) is 19.1 Å². The van der Waals surface area contributed by atoms with Crippen molar-refractivity contribution in [1.29, 1.82) is 0 Å². The van der Waals surface area contributed by atoms with Crippen LogP contribution in [0.4, 0.5) is 5.69 Å². The number of esters is 1. The Bertz CT molecular complexity index is 710. The lowest BCUT2D eigenvalue weighted by molar-refractivity contribution is -0.144. The minimum absolute atomic E-state index is 0.0118. The molecule has 1 fully saturated rings. The van der Waals surface area contributed by atoms with Crippen LogP contribution in [0.1, 0.15) is 19.3 Å². The molecular formula is C20H23NO4. The van der Waals surface area contributed by atoms with Gasteiger partial charge in [0, 0.05) is 25.1 Å². The number of piperidine rings is 1. The fourth-order valence-electron chi connectivity index (χ4n) is 3.79. The number of amides is 1. The summed E-state index contributed by atoms with van der Waals surface area (Å²) in [5, 5.41) is 0. The van der Waals surface area contributed by atoms with Gasteiger partial charge in [-0.05, 0) is 30.5 Å². The van der Waals surface area contributed by atoms with E-state index in [0.29, 0.717) is 13.0 Å². The minimum atomic E-state index is -0.775. The number of benzene rings is 1. The van der Waals surface area contributed by atoms with Crippen LogP contribution >= 0.6 is 0 Å². The van der Waals surface area contributed by atoms with Crippen molar-refractivity contribution in [1.82, 2.24) is 0 Å². The summed E-state index contributed by atoms with van der Waals surface area (Å²) in [6.45, 7) is 0.589. The number of carbonyl (C=O) groups is 2. The number of para-hydroxylation sites is 1. The Hall–Kier alpha value is -2.56. The number of ether oxygens (including phenoxy) is 2. The zero-order chi connectivity index (χ0) is 17.9. The molecule has 1 aromatic rings. The van der Waals surface area contributed by atoms with Crippen LogP contribution in [0.3, 0.4) is 0 Å². The normalized spacial score (nSPS) is 25.7. The van der Waals surface area contributed by atoms with Crippen molar-refractivity contribution >= 4 is 17.6 Å². The van der Waals surface area contributed by atoms with Crippen molar-refractivity contribution in [2.24, 2.45) is 11.3 Å². The van der Waals surface area contributed by atoms with Gasteiger partial charge in [0.05, 0.1) is 25.4 Å². The fourth-order valence-corrected chi connectivity index (χ4v) is 3.79. The van der Waals surface area contributed by atoms with Gasteiger partial charge in [0.1, 0.15) is 0 Å². The van der Waals surface area contributed by atoms with Gasteiger partial charge in [-0.3, -0.25) is 9.59 Å². The molecule has 5 heteroatoms. The molecule has 0 unspecified atom stereocenters. The first kappa shape index (κ1) is 17.3. The van der Waals surface area contributed by atoms with Crippen LogP contribution in [0.15, 0.2) is 54.3 Å². The van der Waals surface area contributed by atoms with Crippen LogP contribution in [-0.4, -0.2) is 32.6 Å². The molecule has 0 N–H and O–H groups in total. The molecule has 1 heterocycles. The standard InChI is InChI=1S/C20H23NO4/c1-24-17-9-6-11-20(14-17)15(13-18(22)25-2)10-12-21(19(20)23)16-7-4-3-5-8-16/h3-9,11,15H,10,12-14H2,1-2H3/t15-,20+/m0/s1. The molecule has 1 aliphatic heterocycles. The van der Waals surface area contributed by atoms with E-state index >= 15 is 0 Å². The molecule has 25 heavy (non-hydrogen) atoms. The number of carbonyl (C=O) groups excluding carboxylic acids is 2. The number of hydrogen-bond donors (Lipinski definition) is 0. The van der Waals surface area contributed by atoms with Gasteiger partial charge in [0.2, 0.25) is 5.91 Å². The maximum Gasteiger partial charge on any atom is 0.305 e. The first-order valence-electron chi connectivity index (χ1n) is 8.47. The lowest BCUT2D eigenvalue weighted by Crippen LogP contribution is -2.54. The third kappa shape index (κ3) is 3.18. The average Bonchev–Trinajstić information content (AvgIpc) is 2.66. The van der Waals surface area contributed by atoms with E-state index in [2.05, 4.69) is 0 Å². The second-order valence-corrected chi connectivity index (χ2v) is 6.47. The Morgan fingerprint density at radius 3 is 2.72 bits per heavy atom. The highest BCUT2D eigenvalue weighted by molar-refractivity contribution is 6.00. The summed E-state index contributed by atoms with van der Waals surface area (Å²) in [6, 6.07) is 9.65. The molecular weight excluding hydrogens is 318 g/mol. The maximum absolute atomic E-state index is 13.5. The van der Waals surface area contributed by atoms with Gasteiger partial charge in [-0.25, -0.2) is 0 Å². The highest BCUT2D eigenvalue weighted by Crippen LogP contribution is 2.47. The summed E-state index contributed by atoms with van der Waals surface area (Å²) in [6.07, 6.45) is 7.09. The van der Waals surface area contributed by atoms with E-state index in [-0.39, 0.29) is 24.2 Å². The van der Waals surface area contributed by atoms with Crippen LogP contribution < -0.4 is 4.90 Å². The summed E-state index contributed by atoms with van der Waals surface area (Å²) in [4.78, 5) is 27.2. The van der Waals surface area contributed by atoms with Gasteiger partial charge < -0.3 is 14.4 Å². The number of methoxy groups -OCH3 is 2. The molecule has 2 aliphatic rings. The predicted octanol–water partition coefficient (Wildman–Crippen LogP) is 3.08. The summed E-state index contributed by atoms with van der Waals surface area (Å²) in [7, 11) is 2.99. The first-order valence-corrected chi connectivity index (χ1v) is 8.47. The largest absolute Gasteiger partial charge is 0.501 e. The molecule has 1 saturated heterocycles. The van der Waals surface area contributed by atoms with Crippen molar-refractivity contribution in [2.45, 2.75) is 19.3 Å². The Morgan fingerprint density at radius 2 is 2.04 bits per heavy atom. The lowest BCUT2D eigenvalue weighted by Gasteiger charge is -2.46. The average molecular weight is 341 g/mol. The van der Waals surface area contributed by atoms with Crippen molar-refractivity contribution in [3.63, 3.8) is 0 Å². The van der Waals surface area contributed by atoms with Gasteiger partial charge in [-0.1, -0.05) is 30.4 Å². The quantitative estimate of drug-likeness (QED) is 0.790. The van der Waals surface area contributed by atoms with E-state index in [0.717, 1.165) is 17.9 Å². The highest BCUT2D eigenvalue weighted by atomic mass is 16.5. The van der Waals surface area contributed by atoms with Gasteiger partial charge in [0.25, 0.3) is 0 Å². The molecule has 1 spiro atoms. The number of allylic oxidation sites excluding steroid dienone is 3. The van der Waals surface area contributed by atoms with Crippen LogP contribution in [0.5, 0.6) is 0 Å². The smallest absolute Gasteiger partial charge is 0.305 e. The third-order valence-electron chi connectivity index (χ3n) is 5.19. The molecule has 1 aliphatic carbocycles. The number of anilines is 1. The molecule has 2 atom stereocenters. The third-order valence-corrected chi connectivity index (χ3v) is 5.19. The number of rotatable bonds is 4. The SMILES string of the molecule is COC(=O)C[C@@H]1CCN(c2ccccc2)C(=O)[C@@]12C=CC=C(OC)C2. The number of nitrogens with zero attached hydrogens (tertiary/aromatic N) is 1. The predicted molar refractivity (Wildman–Crippen MR) is 94.8 cm³/mol. The van der Waals surface area contributed by atoms with Gasteiger partial charge >= 0.3 is 5.97 Å². The van der Waals surface area contributed by atoms with E-state index < -0.39 is 5.41 Å². The molecule has 5 nitrogen and oxygen atoms in total. The molecule has 0 radical (unpaired) electrons. The fraction of sp³-hybridized carbons (Fsp3) is 0.400. The second kappa shape index (κ2) is 7.13. The Kier molecular flexibility index (Phi) is 4.93. The summed E-state index contributed by atoms with van der Waals surface area (Å²) in [5.41, 5.74) is 0.104. The summed E-state index contributed by atoms with van der Waals surface area (Å²) < 4.78 is 10.3. The first-order chi connectivity index (χ1) is 12.1. The zero-order valence-electron chi connectivity index (χ0n) is 14.6. The zero-order valence-corrected chi connectivity index (χ0v) is 14.6. The van der Waals surface area contributed by atoms with E-state index in [9.17, 15) is 9.59 Å². The van der Waals surface area contributed by atoms with Gasteiger partial charge in [-0.15, -0.1) is 0 Å². The summed E-state index contributed by atoms with van der Waals surface area (Å²) in [5.74, 6) is 0.369.